The lowest BCUT2D eigenvalue weighted by Crippen LogP contribution is -2.51. The van der Waals surface area contributed by atoms with E-state index in [9.17, 15) is 14.4 Å². The van der Waals surface area contributed by atoms with Gasteiger partial charge in [-0.1, -0.05) is 75.4 Å². The standard InChI is InChI=1S/C29H26N2O3S/c1-28(2,3)26(33)24-23(25(32)21-13-8-16-35-21)29(18-10-5-6-11-19(18)30-27(29)34)22-15-14-17-9-4-7-12-20(17)31(22)24/h4-16,22-24H,1-3H3,(H,30,34)/t22-,23-,24+,29-/m1/s1. The van der Waals surface area contributed by atoms with Crippen molar-refractivity contribution in [2.45, 2.75) is 38.3 Å². The van der Waals surface area contributed by atoms with Crippen LogP contribution in [0.4, 0.5) is 11.4 Å². The fourth-order valence-electron chi connectivity index (χ4n) is 6.14. The van der Waals surface area contributed by atoms with E-state index in [0.717, 1.165) is 16.8 Å². The second-order valence-corrected chi connectivity index (χ2v) is 11.5. The Morgan fingerprint density at radius 3 is 2.49 bits per heavy atom. The Balaban J connectivity index is 1.69. The summed E-state index contributed by atoms with van der Waals surface area (Å²) < 4.78 is 0. The van der Waals surface area contributed by atoms with Gasteiger partial charge in [0, 0.05) is 16.8 Å². The van der Waals surface area contributed by atoms with Gasteiger partial charge in [-0.3, -0.25) is 14.4 Å². The van der Waals surface area contributed by atoms with Crippen LogP contribution >= 0.6 is 11.3 Å². The molecule has 1 aromatic heterocycles. The van der Waals surface area contributed by atoms with Gasteiger partial charge in [0.1, 0.15) is 11.5 Å². The summed E-state index contributed by atoms with van der Waals surface area (Å²) in [6.45, 7) is 5.66. The summed E-state index contributed by atoms with van der Waals surface area (Å²) in [6, 6.07) is 17.8. The lowest BCUT2D eigenvalue weighted by molar-refractivity contribution is -0.128. The molecule has 0 radical (unpaired) electrons. The van der Waals surface area contributed by atoms with E-state index in [1.54, 1.807) is 6.07 Å². The van der Waals surface area contributed by atoms with Gasteiger partial charge >= 0.3 is 0 Å². The number of carbonyl (C=O) groups excluding carboxylic acids is 3. The number of thiophene rings is 1. The molecular formula is C29H26N2O3S. The summed E-state index contributed by atoms with van der Waals surface area (Å²) in [7, 11) is 0. The predicted molar refractivity (Wildman–Crippen MR) is 139 cm³/mol. The van der Waals surface area contributed by atoms with E-state index in [1.807, 2.05) is 92.9 Å². The van der Waals surface area contributed by atoms with Gasteiger partial charge in [0.15, 0.2) is 11.6 Å². The molecule has 1 saturated heterocycles. The molecule has 0 unspecified atom stereocenters. The number of amides is 1. The third-order valence-electron chi connectivity index (χ3n) is 7.60. The van der Waals surface area contributed by atoms with Gasteiger partial charge in [-0.2, -0.15) is 0 Å². The van der Waals surface area contributed by atoms with E-state index in [2.05, 4.69) is 10.2 Å². The molecule has 6 rings (SSSR count). The Morgan fingerprint density at radius 2 is 1.74 bits per heavy atom. The molecule has 0 aliphatic carbocycles. The van der Waals surface area contributed by atoms with E-state index >= 15 is 0 Å². The number of Topliss-reactive ketones (excluding diaryl/α,β-unsaturated/α-hetero) is 2. The topological polar surface area (TPSA) is 66.5 Å². The van der Waals surface area contributed by atoms with Crippen molar-refractivity contribution in [3.63, 3.8) is 0 Å². The lowest BCUT2D eigenvalue weighted by atomic mass is 9.64. The van der Waals surface area contributed by atoms with Gasteiger partial charge < -0.3 is 10.2 Å². The normalized spacial score (nSPS) is 26.3. The number of nitrogens with zero attached hydrogens (tertiary/aromatic N) is 1. The average molecular weight is 483 g/mol. The van der Waals surface area contributed by atoms with Crippen LogP contribution in [-0.4, -0.2) is 29.6 Å². The van der Waals surface area contributed by atoms with E-state index in [-0.39, 0.29) is 17.5 Å². The van der Waals surface area contributed by atoms with Gasteiger partial charge in [-0.05, 0) is 34.7 Å². The van der Waals surface area contributed by atoms with Crippen LogP contribution in [0.1, 0.15) is 41.6 Å². The Kier molecular flexibility index (Phi) is 4.71. The van der Waals surface area contributed by atoms with Crippen molar-refractivity contribution in [3.8, 4) is 0 Å². The number of hydrogen-bond acceptors (Lipinski definition) is 5. The molecule has 4 atom stereocenters. The zero-order chi connectivity index (χ0) is 24.5. The van der Waals surface area contributed by atoms with Crippen molar-refractivity contribution >= 4 is 46.3 Å². The molecule has 3 aliphatic heterocycles. The van der Waals surface area contributed by atoms with Gasteiger partial charge in [0.25, 0.3) is 0 Å². The molecule has 1 spiro atoms. The molecule has 1 amide bonds. The van der Waals surface area contributed by atoms with Crippen LogP contribution in [0.2, 0.25) is 0 Å². The van der Waals surface area contributed by atoms with Crippen molar-refractivity contribution in [3.05, 3.63) is 88.1 Å². The minimum Gasteiger partial charge on any atom is -0.352 e. The first-order valence-corrected chi connectivity index (χ1v) is 12.7. The quantitative estimate of drug-likeness (QED) is 0.512. The SMILES string of the molecule is CC(C)(C)C(=O)[C@@H]1[C@H](C(=O)c2cccs2)[C@]2(C(=O)Nc3ccccc32)[C@H]2C=Cc3ccccc3N12. The van der Waals surface area contributed by atoms with E-state index < -0.39 is 28.8 Å². The number of carbonyl (C=O) groups is 3. The second-order valence-electron chi connectivity index (χ2n) is 10.5. The number of hydrogen-bond donors (Lipinski definition) is 1. The third-order valence-corrected chi connectivity index (χ3v) is 8.48. The molecule has 0 bridgehead atoms. The maximum atomic E-state index is 14.3. The van der Waals surface area contributed by atoms with Crippen LogP contribution in [0.25, 0.3) is 6.08 Å². The summed E-state index contributed by atoms with van der Waals surface area (Å²) in [5, 5.41) is 4.92. The van der Waals surface area contributed by atoms with Crippen LogP contribution in [-0.2, 0) is 15.0 Å². The molecule has 0 saturated carbocycles. The van der Waals surface area contributed by atoms with Crippen molar-refractivity contribution in [1.29, 1.82) is 0 Å². The maximum Gasteiger partial charge on any atom is 0.238 e. The Hall–Kier alpha value is -3.51. The molecular weight excluding hydrogens is 456 g/mol. The summed E-state index contributed by atoms with van der Waals surface area (Å²) in [5.74, 6) is -1.31. The monoisotopic (exact) mass is 482 g/mol. The van der Waals surface area contributed by atoms with Gasteiger partial charge in [-0.25, -0.2) is 0 Å². The first kappa shape index (κ1) is 22.0. The minimum absolute atomic E-state index is 0.0448. The van der Waals surface area contributed by atoms with Crippen molar-refractivity contribution in [1.82, 2.24) is 0 Å². The number of para-hydroxylation sites is 2. The molecule has 5 nitrogen and oxygen atoms in total. The average Bonchev–Trinajstić information content (AvgIpc) is 3.55. The third kappa shape index (κ3) is 2.89. The summed E-state index contributed by atoms with van der Waals surface area (Å²) in [6.07, 6.45) is 4.03. The Bertz CT molecular complexity index is 1400. The number of rotatable bonds is 3. The molecule has 3 aromatic rings. The number of nitrogens with one attached hydrogen (secondary N) is 1. The van der Waals surface area contributed by atoms with Gasteiger partial charge in [0.05, 0.1) is 16.8 Å². The highest BCUT2D eigenvalue weighted by Crippen LogP contribution is 2.58. The van der Waals surface area contributed by atoms with Crippen molar-refractivity contribution in [2.75, 3.05) is 10.2 Å². The first-order chi connectivity index (χ1) is 16.8. The molecule has 1 N–H and O–H groups in total. The Morgan fingerprint density at radius 1 is 1.00 bits per heavy atom. The summed E-state index contributed by atoms with van der Waals surface area (Å²) >= 11 is 1.35. The van der Waals surface area contributed by atoms with Crippen LogP contribution in [0.5, 0.6) is 0 Å². The van der Waals surface area contributed by atoms with E-state index in [1.165, 1.54) is 11.3 Å². The lowest BCUT2D eigenvalue weighted by Gasteiger charge is -2.38. The predicted octanol–water partition coefficient (Wildman–Crippen LogP) is 5.34. The number of benzene rings is 2. The van der Waals surface area contributed by atoms with Crippen LogP contribution in [0.3, 0.4) is 0 Å². The zero-order valence-corrected chi connectivity index (χ0v) is 20.6. The van der Waals surface area contributed by atoms with Gasteiger partial charge in [0.2, 0.25) is 5.91 Å². The molecule has 176 valence electrons. The highest BCUT2D eigenvalue weighted by molar-refractivity contribution is 7.12. The molecule has 3 aliphatic rings. The Labute approximate surface area is 208 Å². The first-order valence-electron chi connectivity index (χ1n) is 11.8. The number of fused-ring (bicyclic) bond motifs is 6. The molecule has 35 heavy (non-hydrogen) atoms. The largest absolute Gasteiger partial charge is 0.352 e. The second kappa shape index (κ2) is 7.49. The number of ketones is 2. The van der Waals surface area contributed by atoms with Crippen LogP contribution in [0, 0.1) is 11.3 Å². The molecule has 1 fully saturated rings. The molecule has 2 aromatic carbocycles. The highest BCUT2D eigenvalue weighted by Gasteiger charge is 2.70. The van der Waals surface area contributed by atoms with Crippen molar-refractivity contribution in [2.24, 2.45) is 11.3 Å². The van der Waals surface area contributed by atoms with Crippen molar-refractivity contribution < 1.29 is 14.4 Å². The van der Waals surface area contributed by atoms with Crippen LogP contribution in [0.15, 0.2) is 72.1 Å². The fourth-order valence-corrected chi connectivity index (χ4v) is 6.84. The summed E-state index contributed by atoms with van der Waals surface area (Å²) in [5.41, 5.74) is 1.40. The molecule has 6 heteroatoms. The smallest absolute Gasteiger partial charge is 0.238 e. The zero-order valence-electron chi connectivity index (χ0n) is 19.8. The minimum atomic E-state index is -1.23. The van der Waals surface area contributed by atoms with E-state index in [0.29, 0.717) is 10.6 Å². The highest BCUT2D eigenvalue weighted by atomic mass is 32.1. The number of anilines is 2. The van der Waals surface area contributed by atoms with E-state index in [4.69, 9.17) is 0 Å². The molecule has 4 heterocycles. The fraction of sp³-hybridized carbons (Fsp3) is 0.276. The van der Waals surface area contributed by atoms with Gasteiger partial charge in [-0.15, -0.1) is 11.3 Å². The van der Waals surface area contributed by atoms with Crippen LogP contribution < -0.4 is 10.2 Å². The maximum absolute atomic E-state index is 14.3. The summed E-state index contributed by atoms with van der Waals surface area (Å²) in [4.78, 5) is 45.3.